The molecular weight excluding hydrogens is 432 g/mol. The van der Waals surface area contributed by atoms with Crippen LogP contribution in [0.1, 0.15) is 24.2 Å². The second-order valence-electron chi connectivity index (χ2n) is 8.51. The predicted octanol–water partition coefficient (Wildman–Crippen LogP) is 3.50. The standard InChI is InChI=1S/C26H30N4O4/c1-18(2)25(31)28-12-14-29(15-13-28)26(32)21-17-30(20-8-6-5-7-9-20)27-24(21)19-10-11-22(33-3)23(16-19)34-4/h5-11,16-18H,12-15H2,1-4H3. The van der Waals surface area contributed by atoms with Crippen molar-refractivity contribution in [3.05, 3.63) is 60.3 Å². The van der Waals surface area contributed by atoms with E-state index >= 15 is 0 Å². The number of hydrogen-bond donors (Lipinski definition) is 0. The molecule has 2 amide bonds. The largest absolute Gasteiger partial charge is 0.493 e. The summed E-state index contributed by atoms with van der Waals surface area (Å²) < 4.78 is 12.6. The normalized spacial score (nSPS) is 13.8. The first-order valence-corrected chi connectivity index (χ1v) is 11.4. The number of rotatable bonds is 6. The third-order valence-corrected chi connectivity index (χ3v) is 5.99. The highest BCUT2D eigenvalue weighted by molar-refractivity contribution is 6.00. The van der Waals surface area contributed by atoms with Gasteiger partial charge in [0, 0.05) is 43.9 Å². The van der Waals surface area contributed by atoms with Crippen LogP contribution in [0.2, 0.25) is 0 Å². The minimum Gasteiger partial charge on any atom is -0.493 e. The zero-order valence-corrected chi connectivity index (χ0v) is 20.0. The molecule has 4 rings (SSSR count). The van der Waals surface area contributed by atoms with E-state index in [9.17, 15) is 9.59 Å². The van der Waals surface area contributed by atoms with Gasteiger partial charge in [-0.3, -0.25) is 9.59 Å². The van der Waals surface area contributed by atoms with E-state index in [-0.39, 0.29) is 17.7 Å². The first-order valence-electron chi connectivity index (χ1n) is 11.4. The summed E-state index contributed by atoms with van der Waals surface area (Å²) in [5.41, 5.74) is 2.68. The van der Waals surface area contributed by atoms with Crippen LogP contribution in [0.3, 0.4) is 0 Å². The molecule has 1 aromatic heterocycles. The molecule has 2 aromatic carbocycles. The van der Waals surface area contributed by atoms with Crippen molar-refractivity contribution >= 4 is 11.8 Å². The second kappa shape index (κ2) is 9.99. The van der Waals surface area contributed by atoms with Crippen molar-refractivity contribution in [2.24, 2.45) is 5.92 Å². The number of aromatic nitrogens is 2. The number of carbonyl (C=O) groups is 2. The Kier molecular flexibility index (Phi) is 6.86. The van der Waals surface area contributed by atoms with Crippen molar-refractivity contribution in [2.45, 2.75) is 13.8 Å². The molecular formula is C26H30N4O4. The van der Waals surface area contributed by atoms with Gasteiger partial charge < -0.3 is 19.3 Å². The van der Waals surface area contributed by atoms with E-state index in [4.69, 9.17) is 14.6 Å². The molecule has 3 aromatic rings. The van der Waals surface area contributed by atoms with Gasteiger partial charge in [0.2, 0.25) is 5.91 Å². The molecule has 0 N–H and O–H groups in total. The van der Waals surface area contributed by atoms with Crippen molar-refractivity contribution in [3.8, 4) is 28.4 Å². The van der Waals surface area contributed by atoms with Crippen LogP contribution in [0.25, 0.3) is 16.9 Å². The molecule has 0 aliphatic carbocycles. The van der Waals surface area contributed by atoms with Gasteiger partial charge >= 0.3 is 0 Å². The third kappa shape index (κ3) is 4.62. The fourth-order valence-corrected chi connectivity index (χ4v) is 4.11. The molecule has 34 heavy (non-hydrogen) atoms. The smallest absolute Gasteiger partial charge is 0.257 e. The van der Waals surface area contributed by atoms with Gasteiger partial charge in [0.25, 0.3) is 5.91 Å². The Morgan fingerprint density at radius 3 is 2.15 bits per heavy atom. The van der Waals surface area contributed by atoms with Gasteiger partial charge in [0.15, 0.2) is 11.5 Å². The van der Waals surface area contributed by atoms with Crippen LogP contribution < -0.4 is 9.47 Å². The number of hydrogen-bond acceptors (Lipinski definition) is 5. The van der Waals surface area contributed by atoms with Gasteiger partial charge in [-0.25, -0.2) is 4.68 Å². The number of benzene rings is 2. The molecule has 1 aliphatic heterocycles. The molecule has 1 aliphatic rings. The minimum atomic E-state index is -0.108. The van der Waals surface area contributed by atoms with Gasteiger partial charge in [0.1, 0.15) is 5.69 Å². The molecule has 8 heteroatoms. The summed E-state index contributed by atoms with van der Waals surface area (Å²) >= 11 is 0. The average Bonchev–Trinajstić information content (AvgIpc) is 3.33. The summed E-state index contributed by atoms with van der Waals surface area (Å²) in [5.74, 6) is 1.13. The Bertz CT molecular complexity index is 1160. The maximum absolute atomic E-state index is 13.6. The molecule has 0 bridgehead atoms. The average molecular weight is 463 g/mol. The summed E-state index contributed by atoms with van der Waals surface area (Å²) in [6, 6.07) is 15.2. The summed E-state index contributed by atoms with van der Waals surface area (Å²) in [5, 5.41) is 4.77. The number of piperazine rings is 1. The van der Waals surface area contributed by atoms with E-state index in [1.165, 1.54) is 0 Å². The van der Waals surface area contributed by atoms with Crippen molar-refractivity contribution in [2.75, 3.05) is 40.4 Å². The molecule has 0 radical (unpaired) electrons. The zero-order chi connectivity index (χ0) is 24.2. The number of methoxy groups -OCH3 is 2. The van der Waals surface area contributed by atoms with E-state index in [1.807, 2.05) is 61.2 Å². The first-order chi connectivity index (χ1) is 16.4. The molecule has 0 atom stereocenters. The van der Waals surface area contributed by atoms with Crippen LogP contribution in [0.4, 0.5) is 0 Å². The van der Waals surface area contributed by atoms with Crippen molar-refractivity contribution < 1.29 is 19.1 Å². The van der Waals surface area contributed by atoms with E-state index in [2.05, 4.69) is 0 Å². The highest BCUT2D eigenvalue weighted by atomic mass is 16.5. The number of para-hydroxylation sites is 1. The van der Waals surface area contributed by atoms with Gasteiger partial charge in [-0.15, -0.1) is 0 Å². The number of carbonyl (C=O) groups excluding carboxylic acids is 2. The molecule has 1 fully saturated rings. The fourth-order valence-electron chi connectivity index (χ4n) is 4.11. The monoisotopic (exact) mass is 462 g/mol. The Hall–Kier alpha value is -3.81. The maximum Gasteiger partial charge on any atom is 0.257 e. The Balaban J connectivity index is 1.68. The van der Waals surface area contributed by atoms with Crippen LogP contribution in [0.15, 0.2) is 54.7 Å². The third-order valence-electron chi connectivity index (χ3n) is 5.99. The number of amides is 2. The van der Waals surface area contributed by atoms with Gasteiger partial charge in [0.05, 0.1) is 25.5 Å². The van der Waals surface area contributed by atoms with Crippen molar-refractivity contribution in [1.29, 1.82) is 0 Å². The molecule has 0 spiro atoms. The van der Waals surface area contributed by atoms with E-state index in [0.29, 0.717) is 48.9 Å². The highest BCUT2D eigenvalue weighted by Crippen LogP contribution is 2.34. The van der Waals surface area contributed by atoms with E-state index in [1.54, 1.807) is 36.1 Å². The van der Waals surface area contributed by atoms with Crippen LogP contribution in [0.5, 0.6) is 11.5 Å². The van der Waals surface area contributed by atoms with Crippen LogP contribution >= 0.6 is 0 Å². The Morgan fingerprint density at radius 1 is 0.882 bits per heavy atom. The molecule has 0 saturated carbocycles. The van der Waals surface area contributed by atoms with Crippen LogP contribution in [0, 0.1) is 5.92 Å². The number of ether oxygens (including phenoxy) is 2. The summed E-state index contributed by atoms with van der Waals surface area (Å²) in [7, 11) is 3.16. The zero-order valence-electron chi connectivity index (χ0n) is 20.0. The highest BCUT2D eigenvalue weighted by Gasteiger charge is 2.29. The van der Waals surface area contributed by atoms with Crippen LogP contribution in [-0.4, -0.2) is 71.8 Å². The quantitative estimate of drug-likeness (QED) is 0.560. The lowest BCUT2D eigenvalue weighted by molar-refractivity contribution is -0.135. The second-order valence-corrected chi connectivity index (χ2v) is 8.51. The molecule has 178 valence electrons. The lowest BCUT2D eigenvalue weighted by Gasteiger charge is -2.35. The van der Waals surface area contributed by atoms with E-state index in [0.717, 1.165) is 11.3 Å². The van der Waals surface area contributed by atoms with Crippen LogP contribution in [-0.2, 0) is 4.79 Å². The molecule has 8 nitrogen and oxygen atoms in total. The Morgan fingerprint density at radius 2 is 1.53 bits per heavy atom. The van der Waals surface area contributed by atoms with Gasteiger partial charge in [-0.05, 0) is 30.3 Å². The summed E-state index contributed by atoms with van der Waals surface area (Å²) in [4.78, 5) is 29.6. The van der Waals surface area contributed by atoms with Crippen molar-refractivity contribution in [3.63, 3.8) is 0 Å². The predicted molar refractivity (Wildman–Crippen MR) is 129 cm³/mol. The lowest BCUT2D eigenvalue weighted by Crippen LogP contribution is -2.51. The summed E-state index contributed by atoms with van der Waals surface area (Å²) in [6.45, 7) is 5.82. The molecule has 1 saturated heterocycles. The fraction of sp³-hybridized carbons (Fsp3) is 0.346. The minimum absolute atomic E-state index is 0.0528. The van der Waals surface area contributed by atoms with Gasteiger partial charge in [-0.1, -0.05) is 32.0 Å². The molecule has 0 unspecified atom stereocenters. The topological polar surface area (TPSA) is 76.9 Å². The first kappa shape index (κ1) is 23.4. The van der Waals surface area contributed by atoms with E-state index < -0.39 is 0 Å². The number of nitrogens with zero attached hydrogens (tertiary/aromatic N) is 4. The molecule has 2 heterocycles. The SMILES string of the molecule is COc1ccc(-c2nn(-c3ccccc3)cc2C(=O)N2CCN(C(=O)C(C)C)CC2)cc1OC. The lowest BCUT2D eigenvalue weighted by atomic mass is 10.1. The Labute approximate surface area is 199 Å². The maximum atomic E-state index is 13.6. The van der Waals surface area contributed by atoms with Crippen molar-refractivity contribution in [1.82, 2.24) is 19.6 Å². The van der Waals surface area contributed by atoms with Gasteiger partial charge in [-0.2, -0.15) is 5.10 Å². The summed E-state index contributed by atoms with van der Waals surface area (Å²) in [6.07, 6.45) is 1.77.